The van der Waals surface area contributed by atoms with Gasteiger partial charge in [0.15, 0.2) is 0 Å². The summed E-state index contributed by atoms with van der Waals surface area (Å²) in [4.78, 5) is 1.74. The Labute approximate surface area is 83.9 Å². The number of hydrogen-bond acceptors (Lipinski definition) is 2. The van der Waals surface area contributed by atoms with Crippen molar-refractivity contribution in [1.82, 2.24) is 4.90 Å². The Balaban J connectivity index is 0.000000461. The highest BCUT2D eigenvalue weighted by Gasteiger charge is 2.56. The van der Waals surface area contributed by atoms with E-state index in [2.05, 4.69) is 0 Å². The van der Waals surface area contributed by atoms with Crippen LogP contribution in [0.5, 0.6) is 0 Å². The molecule has 0 aromatic rings. The highest BCUT2D eigenvalue weighted by molar-refractivity contribution is 5.05. The predicted molar refractivity (Wildman–Crippen MR) is 51.5 cm³/mol. The van der Waals surface area contributed by atoms with Crippen molar-refractivity contribution in [3.63, 3.8) is 0 Å². The van der Waals surface area contributed by atoms with E-state index in [1.54, 1.807) is 4.90 Å². The summed E-state index contributed by atoms with van der Waals surface area (Å²) in [5.41, 5.74) is -0.580. The smallest absolute Gasteiger partial charge is 0.262 e. The summed E-state index contributed by atoms with van der Waals surface area (Å²) in [5.74, 6) is -2.58. The van der Waals surface area contributed by atoms with E-state index in [1.807, 2.05) is 13.8 Å². The van der Waals surface area contributed by atoms with Crippen LogP contribution in [0, 0.1) is 0 Å². The third-order valence-corrected chi connectivity index (χ3v) is 3.05. The third kappa shape index (κ3) is 1.91. The first-order valence-electron chi connectivity index (χ1n) is 5.32. The molecule has 2 aliphatic heterocycles. The van der Waals surface area contributed by atoms with Gasteiger partial charge in [-0.1, -0.05) is 13.8 Å². The molecule has 0 bridgehead atoms. The van der Waals surface area contributed by atoms with Gasteiger partial charge in [0.25, 0.3) is 5.92 Å². The Morgan fingerprint density at radius 2 is 2.00 bits per heavy atom. The van der Waals surface area contributed by atoms with E-state index in [0.717, 1.165) is 19.4 Å². The molecular formula is C10H19F2NO. The van der Waals surface area contributed by atoms with Crippen LogP contribution in [-0.2, 0) is 0 Å². The maximum absolute atomic E-state index is 12.9. The van der Waals surface area contributed by atoms with Crippen LogP contribution in [0.25, 0.3) is 0 Å². The van der Waals surface area contributed by atoms with Crippen LogP contribution in [0.3, 0.4) is 0 Å². The molecule has 14 heavy (non-hydrogen) atoms. The molecular weight excluding hydrogens is 188 g/mol. The molecule has 0 aromatic carbocycles. The molecule has 2 aliphatic rings. The first kappa shape index (κ1) is 11.9. The van der Waals surface area contributed by atoms with Gasteiger partial charge in [0.1, 0.15) is 0 Å². The Hall–Kier alpha value is -0.220. The average molecular weight is 207 g/mol. The second-order valence-electron chi connectivity index (χ2n) is 3.94. The van der Waals surface area contributed by atoms with Crippen molar-refractivity contribution in [1.29, 1.82) is 0 Å². The molecule has 0 aromatic heterocycles. The molecule has 2 nitrogen and oxygen atoms in total. The molecule has 0 unspecified atom stereocenters. The summed E-state index contributed by atoms with van der Waals surface area (Å²) < 4.78 is 25.9. The second-order valence-corrected chi connectivity index (χ2v) is 3.94. The summed E-state index contributed by atoms with van der Waals surface area (Å²) in [6.07, 6.45) is 1.51. The van der Waals surface area contributed by atoms with Crippen LogP contribution < -0.4 is 0 Å². The SMILES string of the molecule is CC.OC[C@]12CCCN1CC(F)(F)C2. The van der Waals surface area contributed by atoms with Crippen molar-refractivity contribution in [2.45, 2.75) is 44.6 Å². The van der Waals surface area contributed by atoms with Gasteiger partial charge in [-0.2, -0.15) is 0 Å². The fourth-order valence-corrected chi connectivity index (χ4v) is 2.49. The summed E-state index contributed by atoms with van der Waals surface area (Å²) in [6, 6.07) is 0. The largest absolute Gasteiger partial charge is 0.394 e. The minimum atomic E-state index is -2.58. The lowest BCUT2D eigenvalue weighted by atomic mass is 9.94. The van der Waals surface area contributed by atoms with Crippen molar-refractivity contribution in [2.75, 3.05) is 19.7 Å². The van der Waals surface area contributed by atoms with Gasteiger partial charge in [0.2, 0.25) is 0 Å². The number of aliphatic hydroxyl groups excluding tert-OH is 1. The minimum Gasteiger partial charge on any atom is -0.394 e. The maximum atomic E-state index is 12.9. The molecule has 2 heterocycles. The van der Waals surface area contributed by atoms with E-state index in [4.69, 9.17) is 5.11 Å². The lowest BCUT2D eigenvalue weighted by Gasteiger charge is -2.28. The van der Waals surface area contributed by atoms with E-state index < -0.39 is 11.5 Å². The van der Waals surface area contributed by atoms with Gasteiger partial charge in [-0.05, 0) is 19.4 Å². The van der Waals surface area contributed by atoms with Crippen molar-refractivity contribution in [3.05, 3.63) is 0 Å². The monoisotopic (exact) mass is 207 g/mol. The van der Waals surface area contributed by atoms with Crippen molar-refractivity contribution in [2.24, 2.45) is 0 Å². The quantitative estimate of drug-likeness (QED) is 0.709. The highest BCUT2D eigenvalue weighted by Crippen LogP contribution is 2.45. The molecule has 4 heteroatoms. The topological polar surface area (TPSA) is 23.5 Å². The van der Waals surface area contributed by atoms with Crippen LogP contribution in [0.15, 0.2) is 0 Å². The van der Waals surface area contributed by atoms with E-state index in [0.29, 0.717) is 0 Å². The molecule has 84 valence electrons. The molecule has 0 amide bonds. The van der Waals surface area contributed by atoms with Gasteiger partial charge in [-0.3, -0.25) is 4.90 Å². The summed E-state index contributed by atoms with van der Waals surface area (Å²) in [7, 11) is 0. The normalized spacial score (nSPS) is 34.9. The van der Waals surface area contributed by atoms with Crippen molar-refractivity contribution < 1.29 is 13.9 Å². The Kier molecular flexibility index (Phi) is 3.48. The van der Waals surface area contributed by atoms with Gasteiger partial charge >= 0.3 is 0 Å². The second kappa shape index (κ2) is 4.11. The molecule has 0 radical (unpaired) electrons. The fraction of sp³-hybridized carbons (Fsp3) is 1.00. The van der Waals surface area contributed by atoms with E-state index >= 15 is 0 Å². The molecule has 2 rings (SSSR count). The summed E-state index contributed by atoms with van der Waals surface area (Å²) in [6.45, 7) is 4.44. The fourth-order valence-electron chi connectivity index (χ4n) is 2.49. The number of fused-ring (bicyclic) bond motifs is 1. The van der Waals surface area contributed by atoms with Gasteiger partial charge in [-0.25, -0.2) is 8.78 Å². The Bertz CT molecular complexity index is 199. The highest BCUT2D eigenvalue weighted by atomic mass is 19.3. The maximum Gasteiger partial charge on any atom is 0.262 e. The van der Waals surface area contributed by atoms with Crippen LogP contribution in [0.1, 0.15) is 33.1 Å². The first-order chi connectivity index (χ1) is 6.58. The zero-order valence-corrected chi connectivity index (χ0v) is 8.89. The molecule has 2 saturated heterocycles. The van der Waals surface area contributed by atoms with Gasteiger partial charge in [0, 0.05) is 6.42 Å². The van der Waals surface area contributed by atoms with Crippen LogP contribution in [0.2, 0.25) is 0 Å². The molecule has 1 N–H and O–H groups in total. The molecule has 2 fully saturated rings. The number of halogens is 2. The average Bonchev–Trinajstić information content (AvgIpc) is 2.61. The van der Waals surface area contributed by atoms with Gasteiger partial charge in [-0.15, -0.1) is 0 Å². The Morgan fingerprint density at radius 1 is 1.36 bits per heavy atom. The standard InChI is InChI=1S/C8H13F2NO.C2H6/c9-8(10)4-7(6-12)2-1-3-11(7)5-8;1-2/h12H,1-6H2;1-2H3/t7-;/m1./s1. The Morgan fingerprint density at radius 3 is 2.50 bits per heavy atom. The van der Waals surface area contributed by atoms with Crippen LogP contribution in [-0.4, -0.2) is 41.2 Å². The third-order valence-electron chi connectivity index (χ3n) is 3.05. The van der Waals surface area contributed by atoms with Crippen LogP contribution in [0.4, 0.5) is 8.78 Å². The lowest BCUT2D eigenvalue weighted by molar-refractivity contribution is 0.00767. The van der Waals surface area contributed by atoms with Crippen molar-refractivity contribution >= 4 is 0 Å². The minimum absolute atomic E-state index is 0.122. The van der Waals surface area contributed by atoms with Gasteiger partial charge < -0.3 is 5.11 Å². The molecule has 1 atom stereocenters. The lowest BCUT2D eigenvalue weighted by Crippen LogP contribution is -2.41. The van der Waals surface area contributed by atoms with E-state index in [-0.39, 0.29) is 19.6 Å². The zero-order valence-electron chi connectivity index (χ0n) is 8.89. The summed E-state index contributed by atoms with van der Waals surface area (Å²) >= 11 is 0. The molecule has 0 saturated carbocycles. The molecule has 0 spiro atoms. The van der Waals surface area contributed by atoms with Crippen molar-refractivity contribution in [3.8, 4) is 0 Å². The molecule has 0 aliphatic carbocycles. The van der Waals surface area contributed by atoms with E-state index in [1.165, 1.54) is 0 Å². The summed E-state index contributed by atoms with van der Waals surface area (Å²) in [5, 5.41) is 9.08. The number of nitrogens with zero attached hydrogens (tertiary/aromatic N) is 1. The number of aliphatic hydroxyl groups is 1. The number of hydrogen-bond donors (Lipinski definition) is 1. The van der Waals surface area contributed by atoms with E-state index in [9.17, 15) is 8.78 Å². The zero-order chi connectivity index (χ0) is 10.8. The predicted octanol–water partition coefficient (Wildman–Crippen LogP) is 1.88. The van der Waals surface area contributed by atoms with Gasteiger partial charge in [0.05, 0.1) is 18.7 Å². The first-order valence-corrected chi connectivity index (χ1v) is 5.32. The van der Waals surface area contributed by atoms with Crippen LogP contribution >= 0.6 is 0 Å². The number of rotatable bonds is 1. The number of alkyl halides is 2.